The van der Waals surface area contributed by atoms with E-state index in [0.717, 1.165) is 24.1 Å². The molecular formula is C20H21N5O. The van der Waals surface area contributed by atoms with E-state index in [1.54, 1.807) is 4.68 Å². The normalized spacial score (nSPS) is 14.8. The molecule has 3 aromatic rings. The van der Waals surface area contributed by atoms with Gasteiger partial charge in [-0.25, -0.2) is 9.67 Å². The number of hydrogen-bond acceptors (Lipinski definition) is 4. The number of amides is 1. The maximum absolute atomic E-state index is 12.5. The van der Waals surface area contributed by atoms with Gasteiger partial charge in [0.05, 0.1) is 5.69 Å². The van der Waals surface area contributed by atoms with Crippen LogP contribution in [0, 0.1) is 5.92 Å². The quantitative estimate of drug-likeness (QED) is 0.717. The second-order valence-electron chi connectivity index (χ2n) is 6.58. The number of nitrogens with zero attached hydrogens (tertiary/aromatic N) is 3. The van der Waals surface area contributed by atoms with Crippen molar-refractivity contribution in [3.05, 3.63) is 66.5 Å². The molecule has 132 valence electrons. The molecule has 1 aliphatic rings. The zero-order valence-electron chi connectivity index (χ0n) is 14.4. The van der Waals surface area contributed by atoms with Crippen molar-refractivity contribution in [2.24, 2.45) is 11.7 Å². The van der Waals surface area contributed by atoms with E-state index in [1.807, 2.05) is 60.7 Å². The Bertz CT molecular complexity index is 830. The Labute approximate surface area is 152 Å². The van der Waals surface area contributed by atoms with Crippen LogP contribution in [0.15, 0.2) is 60.7 Å². The Morgan fingerprint density at radius 1 is 1.12 bits per heavy atom. The second-order valence-corrected chi connectivity index (χ2v) is 6.58. The summed E-state index contributed by atoms with van der Waals surface area (Å²) in [4.78, 5) is 17.0. The van der Waals surface area contributed by atoms with E-state index < -0.39 is 0 Å². The SMILES string of the molecule is NC(CNC(=O)c1nc(-c2ccccc2)n(-c2ccccc2)n1)C1CC1. The Balaban J connectivity index is 1.63. The number of hydrogen-bond donors (Lipinski definition) is 2. The Morgan fingerprint density at radius 3 is 2.42 bits per heavy atom. The molecule has 0 radical (unpaired) electrons. The lowest BCUT2D eigenvalue weighted by molar-refractivity contribution is 0.0940. The van der Waals surface area contributed by atoms with Crippen LogP contribution < -0.4 is 11.1 Å². The van der Waals surface area contributed by atoms with Crippen LogP contribution in [0.5, 0.6) is 0 Å². The van der Waals surface area contributed by atoms with Crippen LogP contribution in [0.3, 0.4) is 0 Å². The van der Waals surface area contributed by atoms with Gasteiger partial charge in [0.25, 0.3) is 5.91 Å². The van der Waals surface area contributed by atoms with E-state index in [1.165, 1.54) is 0 Å². The molecule has 1 aromatic heterocycles. The van der Waals surface area contributed by atoms with Crippen LogP contribution in [0.4, 0.5) is 0 Å². The third-order valence-corrected chi connectivity index (χ3v) is 4.57. The maximum Gasteiger partial charge on any atom is 0.291 e. The van der Waals surface area contributed by atoms with Gasteiger partial charge in [-0.3, -0.25) is 4.79 Å². The fourth-order valence-electron chi connectivity index (χ4n) is 2.91. The van der Waals surface area contributed by atoms with E-state index in [-0.39, 0.29) is 17.8 Å². The van der Waals surface area contributed by atoms with Gasteiger partial charge in [-0.05, 0) is 30.9 Å². The monoisotopic (exact) mass is 347 g/mol. The van der Waals surface area contributed by atoms with Crippen LogP contribution in [0.1, 0.15) is 23.5 Å². The average molecular weight is 347 g/mol. The fraction of sp³-hybridized carbons (Fsp3) is 0.250. The minimum absolute atomic E-state index is 0.00347. The van der Waals surface area contributed by atoms with Crippen LogP contribution in [-0.2, 0) is 0 Å². The first-order valence-corrected chi connectivity index (χ1v) is 8.84. The predicted molar refractivity (Wildman–Crippen MR) is 99.8 cm³/mol. The second kappa shape index (κ2) is 7.09. The van der Waals surface area contributed by atoms with Gasteiger partial charge in [-0.2, -0.15) is 0 Å². The standard InChI is InChI=1S/C20H21N5O/c21-17(14-11-12-14)13-22-20(26)18-23-19(15-7-3-1-4-8-15)25(24-18)16-9-5-2-6-10-16/h1-10,14,17H,11-13,21H2,(H,22,26). The Kier molecular flexibility index (Phi) is 4.50. The first kappa shape index (κ1) is 16.5. The summed E-state index contributed by atoms with van der Waals surface area (Å²) in [7, 11) is 0. The van der Waals surface area contributed by atoms with Crippen LogP contribution >= 0.6 is 0 Å². The Morgan fingerprint density at radius 2 is 1.77 bits per heavy atom. The predicted octanol–water partition coefficient (Wildman–Crippen LogP) is 2.40. The van der Waals surface area contributed by atoms with Gasteiger partial charge < -0.3 is 11.1 Å². The summed E-state index contributed by atoms with van der Waals surface area (Å²) < 4.78 is 1.70. The van der Waals surface area contributed by atoms with Gasteiger partial charge in [0.15, 0.2) is 5.82 Å². The highest BCUT2D eigenvalue weighted by atomic mass is 16.2. The van der Waals surface area contributed by atoms with Gasteiger partial charge in [0, 0.05) is 18.2 Å². The summed E-state index contributed by atoms with van der Waals surface area (Å²) in [6.45, 7) is 0.448. The summed E-state index contributed by atoms with van der Waals surface area (Å²) in [6.07, 6.45) is 2.30. The molecule has 6 heteroatoms. The zero-order valence-corrected chi connectivity index (χ0v) is 14.4. The highest BCUT2D eigenvalue weighted by Crippen LogP contribution is 2.31. The molecule has 6 nitrogen and oxygen atoms in total. The summed E-state index contributed by atoms with van der Waals surface area (Å²) in [5.41, 5.74) is 7.82. The van der Waals surface area contributed by atoms with E-state index in [9.17, 15) is 4.79 Å². The highest BCUT2D eigenvalue weighted by Gasteiger charge is 2.29. The molecule has 0 spiro atoms. The molecule has 1 atom stereocenters. The van der Waals surface area contributed by atoms with E-state index >= 15 is 0 Å². The molecule has 1 unspecified atom stereocenters. The molecule has 1 saturated carbocycles. The number of benzene rings is 2. The van der Waals surface area contributed by atoms with Crippen molar-refractivity contribution in [1.82, 2.24) is 20.1 Å². The van der Waals surface area contributed by atoms with Crippen molar-refractivity contribution in [2.45, 2.75) is 18.9 Å². The van der Waals surface area contributed by atoms with Crippen molar-refractivity contribution in [3.8, 4) is 17.1 Å². The van der Waals surface area contributed by atoms with Crippen molar-refractivity contribution < 1.29 is 4.79 Å². The summed E-state index contributed by atoms with van der Waals surface area (Å²) >= 11 is 0. The lowest BCUT2D eigenvalue weighted by Crippen LogP contribution is -2.38. The van der Waals surface area contributed by atoms with Gasteiger partial charge in [0.1, 0.15) is 0 Å². The molecule has 0 saturated heterocycles. The number of carbonyl (C=O) groups excluding carboxylic acids is 1. The first-order valence-electron chi connectivity index (χ1n) is 8.84. The molecule has 2 aromatic carbocycles. The van der Waals surface area contributed by atoms with Gasteiger partial charge >= 0.3 is 0 Å². The molecule has 1 amide bonds. The van der Waals surface area contributed by atoms with E-state index in [2.05, 4.69) is 15.4 Å². The van der Waals surface area contributed by atoms with Crippen LogP contribution in [0.2, 0.25) is 0 Å². The lowest BCUT2D eigenvalue weighted by atomic mass is 10.2. The number of rotatable bonds is 6. The molecule has 4 rings (SSSR count). The average Bonchev–Trinajstić information content (AvgIpc) is 3.45. The number of carbonyl (C=O) groups is 1. The summed E-state index contributed by atoms with van der Waals surface area (Å²) in [5, 5.41) is 7.31. The lowest BCUT2D eigenvalue weighted by Gasteiger charge is -2.09. The molecule has 0 aliphatic heterocycles. The van der Waals surface area contributed by atoms with Crippen LogP contribution in [-0.4, -0.2) is 33.3 Å². The van der Waals surface area contributed by atoms with Crippen molar-refractivity contribution in [2.75, 3.05) is 6.54 Å². The molecule has 1 aliphatic carbocycles. The third-order valence-electron chi connectivity index (χ3n) is 4.57. The maximum atomic E-state index is 12.5. The van der Waals surface area contributed by atoms with E-state index in [4.69, 9.17) is 5.73 Å². The van der Waals surface area contributed by atoms with E-state index in [0.29, 0.717) is 18.3 Å². The van der Waals surface area contributed by atoms with Crippen molar-refractivity contribution in [1.29, 1.82) is 0 Å². The summed E-state index contributed by atoms with van der Waals surface area (Å²) in [6, 6.07) is 19.4. The zero-order chi connectivity index (χ0) is 17.9. The third kappa shape index (κ3) is 3.50. The number of para-hydroxylation sites is 1. The largest absolute Gasteiger partial charge is 0.348 e. The number of nitrogens with two attached hydrogens (primary N) is 1. The minimum Gasteiger partial charge on any atom is -0.348 e. The van der Waals surface area contributed by atoms with Crippen molar-refractivity contribution in [3.63, 3.8) is 0 Å². The number of aromatic nitrogens is 3. The van der Waals surface area contributed by atoms with Crippen LogP contribution in [0.25, 0.3) is 17.1 Å². The topological polar surface area (TPSA) is 85.8 Å². The van der Waals surface area contributed by atoms with Gasteiger partial charge in [0.2, 0.25) is 5.82 Å². The number of nitrogens with one attached hydrogen (secondary N) is 1. The summed E-state index contributed by atoms with van der Waals surface area (Å²) in [5.74, 6) is 1.02. The smallest absolute Gasteiger partial charge is 0.291 e. The molecule has 1 heterocycles. The molecular weight excluding hydrogens is 326 g/mol. The van der Waals surface area contributed by atoms with Gasteiger partial charge in [-0.1, -0.05) is 48.5 Å². The minimum atomic E-state index is -0.298. The molecule has 1 fully saturated rings. The molecule has 3 N–H and O–H groups in total. The van der Waals surface area contributed by atoms with Gasteiger partial charge in [-0.15, -0.1) is 5.10 Å². The Hall–Kier alpha value is -2.99. The van der Waals surface area contributed by atoms with Crippen molar-refractivity contribution >= 4 is 5.91 Å². The molecule has 0 bridgehead atoms. The highest BCUT2D eigenvalue weighted by molar-refractivity contribution is 5.91. The first-order chi connectivity index (χ1) is 12.7. The fourth-order valence-corrected chi connectivity index (χ4v) is 2.91. The molecule has 26 heavy (non-hydrogen) atoms.